The fraction of sp³-hybridized carbons (Fsp3) is 0.714. The second kappa shape index (κ2) is 5.55. The Morgan fingerprint density at radius 1 is 1.28 bits per heavy atom. The van der Waals surface area contributed by atoms with Crippen LogP contribution in [-0.2, 0) is 24.2 Å². The first kappa shape index (κ1) is 13.1. The van der Waals surface area contributed by atoms with Gasteiger partial charge >= 0.3 is 0 Å². The van der Waals surface area contributed by atoms with Crippen LogP contribution in [0.4, 0.5) is 0 Å². The normalized spacial score (nSPS) is 14.4. The summed E-state index contributed by atoms with van der Waals surface area (Å²) in [4.78, 5) is 18.7. The molecule has 0 aliphatic heterocycles. The SMILES string of the molecule is CCN(CC)C(=O)Cn1c(C)nc2c1CCCC2. The Balaban J connectivity index is 2.18. The van der Waals surface area contributed by atoms with Crippen LogP contribution in [0.1, 0.15) is 43.9 Å². The Morgan fingerprint density at radius 3 is 2.61 bits per heavy atom. The van der Waals surface area contributed by atoms with Gasteiger partial charge in [-0.3, -0.25) is 4.79 Å². The molecule has 0 saturated heterocycles. The number of fused-ring (bicyclic) bond motifs is 1. The molecule has 0 unspecified atom stereocenters. The number of nitrogens with zero attached hydrogens (tertiary/aromatic N) is 3. The number of carbonyl (C=O) groups excluding carboxylic acids is 1. The molecule has 0 atom stereocenters. The van der Waals surface area contributed by atoms with E-state index in [1.54, 1.807) is 0 Å². The molecule has 0 spiro atoms. The molecule has 0 radical (unpaired) electrons. The summed E-state index contributed by atoms with van der Waals surface area (Å²) in [7, 11) is 0. The summed E-state index contributed by atoms with van der Waals surface area (Å²) < 4.78 is 2.12. The van der Waals surface area contributed by atoms with Crippen molar-refractivity contribution in [3.05, 3.63) is 17.2 Å². The van der Waals surface area contributed by atoms with Crippen molar-refractivity contribution in [1.82, 2.24) is 14.5 Å². The lowest BCUT2D eigenvalue weighted by molar-refractivity contribution is -0.131. The molecule has 1 aromatic rings. The Bertz CT molecular complexity index is 432. The van der Waals surface area contributed by atoms with Crippen molar-refractivity contribution in [3.63, 3.8) is 0 Å². The number of amides is 1. The summed E-state index contributed by atoms with van der Waals surface area (Å²) >= 11 is 0. The van der Waals surface area contributed by atoms with Crippen LogP contribution < -0.4 is 0 Å². The summed E-state index contributed by atoms with van der Waals surface area (Å²) in [6.45, 7) is 8.08. The molecule has 1 aliphatic carbocycles. The van der Waals surface area contributed by atoms with Gasteiger partial charge in [0.25, 0.3) is 0 Å². The Labute approximate surface area is 109 Å². The van der Waals surface area contributed by atoms with Gasteiger partial charge in [-0.1, -0.05) is 0 Å². The molecule has 0 fully saturated rings. The molecule has 100 valence electrons. The van der Waals surface area contributed by atoms with Gasteiger partial charge in [-0.15, -0.1) is 0 Å². The topological polar surface area (TPSA) is 38.1 Å². The van der Waals surface area contributed by atoms with Crippen molar-refractivity contribution >= 4 is 5.91 Å². The minimum absolute atomic E-state index is 0.203. The van der Waals surface area contributed by atoms with Crippen LogP contribution in [0.2, 0.25) is 0 Å². The van der Waals surface area contributed by atoms with Crippen LogP contribution in [0.25, 0.3) is 0 Å². The van der Waals surface area contributed by atoms with E-state index >= 15 is 0 Å². The molecule has 0 N–H and O–H groups in total. The van der Waals surface area contributed by atoms with Gasteiger partial charge in [-0.05, 0) is 46.5 Å². The van der Waals surface area contributed by atoms with Crippen LogP contribution in [0, 0.1) is 6.92 Å². The fourth-order valence-electron chi connectivity index (χ4n) is 2.76. The molecule has 1 aromatic heterocycles. The van der Waals surface area contributed by atoms with E-state index in [1.807, 2.05) is 25.7 Å². The third-order valence-corrected chi connectivity index (χ3v) is 3.83. The third kappa shape index (κ3) is 2.42. The van der Waals surface area contributed by atoms with Crippen LogP contribution in [0.15, 0.2) is 0 Å². The van der Waals surface area contributed by atoms with Crippen molar-refractivity contribution in [2.75, 3.05) is 13.1 Å². The summed E-state index contributed by atoms with van der Waals surface area (Å²) in [5.41, 5.74) is 2.50. The monoisotopic (exact) mass is 249 g/mol. The van der Waals surface area contributed by atoms with E-state index in [4.69, 9.17) is 0 Å². The summed E-state index contributed by atoms with van der Waals surface area (Å²) in [5.74, 6) is 1.19. The molecule has 4 heteroatoms. The second-order valence-corrected chi connectivity index (χ2v) is 4.91. The molecular weight excluding hydrogens is 226 g/mol. The van der Waals surface area contributed by atoms with Crippen molar-refractivity contribution in [1.29, 1.82) is 0 Å². The number of aryl methyl sites for hydroxylation is 2. The van der Waals surface area contributed by atoms with Crippen LogP contribution in [-0.4, -0.2) is 33.4 Å². The Hall–Kier alpha value is -1.32. The van der Waals surface area contributed by atoms with E-state index in [9.17, 15) is 4.79 Å². The molecule has 4 nitrogen and oxygen atoms in total. The van der Waals surface area contributed by atoms with E-state index < -0.39 is 0 Å². The number of likely N-dealkylation sites (N-methyl/N-ethyl adjacent to an activating group) is 1. The van der Waals surface area contributed by atoms with Crippen molar-refractivity contribution in [2.45, 2.75) is 53.0 Å². The highest BCUT2D eigenvalue weighted by Gasteiger charge is 2.20. The number of imidazole rings is 1. The minimum Gasteiger partial charge on any atom is -0.342 e. The van der Waals surface area contributed by atoms with Gasteiger partial charge in [0.2, 0.25) is 5.91 Å². The van der Waals surface area contributed by atoms with Crippen LogP contribution in [0.5, 0.6) is 0 Å². The molecule has 1 amide bonds. The van der Waals surface area contributed by atoms with Gasteiger partial charge in [-0.25, -0.2) is 4.98 Å². The number of carbonyl (C=O) groups is 1. The van der Waals surface area contributed by atoms with Gasteiger partial charge in [0.05, 0.1) is 5.69 Å². The van der Waals surface area contributed by atoms with Gasteiger partial charge in [-0.2, -0.15) is 0 Å². The predicted octanol–water partition coefficient (Wildman–Crippen LogP) is 1.94. The third-order valence-electron chi connectivity index (χ3n) is 3.83. The molecule has 1 aliphatic rings. The zero-order chi connectivity index (χ0) is 13.1. The highest BCUT2D eigenvalue weighted by molar-refractivity contribution is 5.76. The first-order valence-corrected chi connectivity index (χ1v) is 7.00. The van der Waals surface area contributed by atoms with Crippen molar-refractivity contribution in [3.8, 4) is 0 Å². The second-order valence-electron chi connectivity index (χ2n) is 4.91. The summed E-state index contributed by atoms with van der Waals surface area (Å²) in [6.07, 6.45) is 4.59. The number of rotatable bonds is 4. The number of hydrogen-bond acceptors (Lipinski definition) is 2. The number of hydrogen-bond donors (Lipinski definition) is 0. The average molecular weight is 249 g/mol. The van der Waals surface area contributed by atoms with Gasteiger partial charge < -0.3 is 9.47 Å². The maximum absolute atomic E-state index is 12.2. The molecule has 18 heavy (non-hydrogen) atoms. The molecular formula is C14H23N3O. The highest BCUT2D eigenvalue weighted by Crippen LogP contribution is 2.22. The average Bonchev–Trinajstić information content (AvgIpc) is 2.68. The van der Waals surface area contributed by atoms with E-state index in [0.29, 0.717) is 6.54 Å². The van der Waals surface area contributed by atoms with Gasteiger partial charge in [0.15, 0.2) is 0 Å². The van der Waals surface area contributed by atoms with Gasteiger partial charge in [0, 0.05) is 18.8 Å². The van der Waals surface area contributed by atoms with E-state index in [0.717, 1.165) is 31.8 Å². The summed E-state index contributed by atoms with van der Waals surface area (Å²) in [5, 5.41) is 0. The smallest absolute Gasteiger partial charge is 0.242 e. The van der Waals surface area contributed by atoms with E-state index in [-0.39, 0.29) is 5.91 Å². The minimum atomic E-state index is 0.203. The van der Waals surface area contributed by atoms with Crippen LogP contribution >= 0.6 is 0 Å². The Morgan fingerprint density at radius 2 is 1.94 bits per heavy atom. The number of aromatic nitrogens is 2. The molecule has 1 heterocycles. The fourth-order valence-corrected chi connectivity index (χ4v) is 2.76. The van der Waals surface area contributed by atoms with Crippen molar-refractivity contribution < 1.29 is 4.79 Å². The zero-order valence-corrected chi connectivity index (χ0v) is 11.7. The first-order chi connectivity index (χ1) is 8.67. The van der Waals surface area contributed by atoms with Crippen molar-refractivity contribution in [2.24, 2.45) is 0 Å². The van der Waals surface area contributed by atoms with E-state index in [1.165, 1.54) is 24.2 Å². The largest absolute Gasteiger partial charge is 0.342 e. The standard InChI is InChI=1S/C14H23N3O/c1-4-16(5-2)14(18)10-17-11(3)15-12-8-6-7-9-13(12)17/h4-10H2,1-3H3. The maximum Gasteiger partial charge on any atom is 0.242 e. The maximum atomic E-state index is 12.2. The molecule has 0 bridgehead atoms. The lowest BCUT2D eigenvalue weighted by Crippen LogP contribution is -2.34. The highest BCUT2D eigenvalue weighted by atomic mass is 16.2. The lowest BCUT2D eigenvalue weighted by atomic mass is 10.0. The molecule has 0 aromatic carbocycles. The first-order valence-electron chi connectivity index (χ1n) is 7.00. The van der Waals surface area contributed by atoms with Crippen LogP contribution in [0.3, 0.4) is 0 Å². The quantitative estimate of drug-likeness (QED) is 0.818. The lowest BCUT2D eigenvalue weighted by Gasteiger charge is -2.21. The molecule has 2 rings (SSSR count). The van der Waals surface area contributed by atoms with E-state index in [2.05, 4.69) is 9.55 Å². The predicted molar refractivity (Wildman–Crippen MR) is 71.5 cm³/mol. The summed E-state index contributed by atoms with van der Waals surface area (Å²) in [6, 6.07) is 0. The molecule has 0 saturated carbocycles. The zero-order valence-electron chi connectivity index (χ0n) is 11.7. The Kier molecular flexibility index (Phi) is 4.04. The van der Waals surface area contributed by atoms with Gasteiger partial charge in [0.1, 0.15) is 12.4 Å².